The molecule has 0 heterocycles. The lowest BCUT2D eigenvalue weighted by atomic mass is 9.98. The second-order valence-corrected chi connectivity index (χ2v) is 7.37. The van der Waals surface area contributed by atoms with Gasteiger partial charge in [0.15, 0.2) is 11.6 Å². The molecule has 1 aliphatic rings. The monoisotopic (exact) mass is 319 g/mol. The maximum Gasteiger partial charge on any atom is 0.243 e. The van der Waals surface area contributed by atoms with Gasteiger partial charge in [-0.05, 0) is 42.4 Å². The third-order valence-corrected chi connectivity index (χ3v) is 5.79. The van der Waals surface area contributed by atoms with Crippen LogP contribution in [-0.4, -0.2) is 19.6 Å². The molecule has 0 radical (unpaired) electrons. The molecular weight excluding hydrogens is 300 g/mol. The molecule has 1 saturated carbocycles. The third-order valence-electron chi connectivity index (χ3n) is 4.30. The fraction of sp³-hybridized carbons (Fsp3) is 0.571. The number of sulfonamides is 1. The Bertz CT molecular complexity index is 633. The molecule has 2 N–H and O–H groups in total. The number of rotatable bonds is 4. The Labute approximate surface area is 123 Å². The van der Waals surface area contributed by atoms with Crippen molar-refractivity contribution >= 4 is 10.0 Å². The second kappa shape index (κ2) is 5.98. The van der Waals surface area contributed by atoms with Crippen molar-refractivity contribution in [2.45, 2.75) is 44.2 Å². The van der Waals surface area contributed by atoms with Gasteiger partial charge in [0.25, 0.3) is 0 Å². The largest absolute Gasteiger partial charge is 0.392 e. The summed E-state index contributed by atoms with van der Waals surface area (Å²) in [6.45, 7) is 3.41. The first-order chi connectivity index (χ1) is 9.76. The van der Waals surface area contributed by atoms with Gasteiger partial charge >= 0.3 is 0 Å². The summed E-state index contributed by atoms with van der Waals surface area (Å²) < 4.78 is 54.2. The van der Waals surface area contributed by atoms with Gasteiger partial charge in [-0.1, -0.05) is 13.8 Å². The van der Waals surface area contributed by atoms with E-state index >= 15 is 0 Å². The molecule has 1 aliphatic carbocycles. The van der Waals surface area contributed by atoms with E-state index in [0.29, 0.717) is 12.3 Å². The van der Waals surface area contributed by atoms with Crippen LogP contribution in [0.4, 0.5) is 8.78 Å². The molecule has 0 bridgehead atoms. The summed E-state index contributed by atoms with van der Waals surface area (Å²) in [7, 11) is -4.16. The Hall–Kier alpha value is -1.05. The van der Waals surface area contributed by atoms with Crippen molar-refractivity contribution < 1.29 is 22.3 Å². The zero-order chi connectivity index (χ0) is 15.8. The lowest BCUT2D eigenvalue weighted by molar-refractivity contribution is 0.280. The molecule has 1 fully saturated rings. The fourth-order valence-electron chi connectivity index (χ4n) is 2.70. The van der Waals surface area contributed by atoms with Crippen molar-refractivity contribution in [1.29, 1.82) is 0 Å². The number of aliphatic hydroxyl groups excluding tert-OH is 1. The molecule has 3 unspecified atom stereocenters. The van der Waals surface area contributed by atoms with Crippen molar-refractivity contribution in [1.82, 2.24) is 4.72 Å². The lowest BCUT2D eigenvalue weighted by Crippen LogP contribution is -2.37. The van der Waals surface area contributed by atoms with E-state index < -0.39 is 33.2 Å². The zero-order valence-electron chi connectivity index (χ0n) is 11.9. The van der Waals surface area contributed by atoms with Gasteiger partial charge in [0.05, 0.1) is 6.61 Å². The lowest BCUT2D eigenvalue weighted by Gasteiger charge is -2.20. The summed E-state index contributed by atoms with van der Waals surface area (Å²) >= 11 is 0. The molecule has 0 aromatic heterocycles. The van der Waals surface area contributed by atoms with E-state index in [4.69, 9.17) is 5.11 Å². The maximum atomic E-state index is 13.8. The summed E-state index contributed by atoms with van der Waals surface area (Å²) in [4.78, 5) is -0.752. The number of aliphatic hydroxyl groups is 1. The molecule has 7 heteroatoms. The first-order valence-corrected chi connectivity index (χ1v) is 8.35. The standard InChI is InChI=1S/C14H19F2NO3S/c1-8-3-4-12(9(8)2)17-21(19,20)13-6-10(7-18)5-11(15)14(13)16/h5-6,8-9,12,17-18H,3-4,7H2,1-2H3. The van der Waals surface area contributed by atoms with Crippen LogP contribution in [0, 0.1) is 23.5 Å². The van der Waals surface area contributed by atoms with Crippen molar-refractivity contribution in [3.63, 3.8) is 0 Å². The van der Waals surface area contributed by atoms with E-state index in [9.17, 15) is 17.2 Å². The zero-order valence-corrected chi connectivity index (χ0v) is 12.8. The van der Waals surface area contributed by atoms with Crippen LogP contribution in [0.2, 0.25) is 0 Å². The smallest absolute Gasteiger partial charge is 0.243 e. The van der Waals surface area contributed by atoms with Crippen LogP contribution in [-0.2, 0) is 16.6 Å². The molecule has 2 rings (SSSR count). The number of benzene rings is 1. The minimum Gasteiger partial charge on any atom is -0.392 e. The SMILES string of the molecule is CC1CCC(NS(=O)(=O)c2cc(CO)cc(F)c2F)C1C. The van der Waals surface area contributed by atoms with E-state index in [0.717, 1.165) is 18.6 Å². The fourth-order valence-corrected chi connectivity index (χ4v) is 4.20. The quantitative estimate of drug-likeness (QED) is 0.894. The average molecular weight is 319 g/mol. The third kappa shape index (κ3) is 3.25. The molecule has 0 amide bonds. The molecule has 1 aromatic carbocycles. The molecule has 3 atom stereocenters. The van der Waals surface area contributed by atoms with Crippen LogP contribution in [0.5, 0.6) is 0 Å². The molecule has 118 valence electrons. The van der Waals surface area contributed by atoms with Gasteiger partial charge in [0.2, 0.25) is 10.0 Å². The highest BCUT2D eigenvalue weighted by Gasteiger charge is 2.34. The highest BCUT2D eigenvalue weighted by molar-refractivity contribution is 7.89. The first kappa shape index (κ1) is 16.3. The molecule has 0 aliphatic heterocycles. The van der Waals surface area contributed by atoms with Gasteiger partial charge in [0.1, 0.15) is 4.90 Å². The number of hydrogen-bond donors (Lipinski definition) is 2. The molecule has 21 heavy (non-hydrogen) atoms. The van der Waals surface area contributed by atoms with Crippen LogP contribution in [0.15, 0.2) is 17.0 Å². The van der Waals surface area contributed by atoms with E-state index in [-0.39, 0.29) is 17.5 Å². The highest BCUT2D eigenvalue weighted by atomic mass is 32.2. The van der Waals surface area contributed by atoms with Gasteiger partial charge in [-0.15, -0.1) is 0 Å². The van der Waals surface area contributed by atoms with Crippen molar-refractivity contribution in [3.05, 3.63) is 29.3 Å². The molecule has 0 spiro atoms. The number of nitrogens with one attached hydrogen (secondary N) is 1. The Balaban J connectivity index is 2.34. The second-order valence-electron chi connectivity index (χ2n) is 5.69. The minimum atomic E-state index is -4.16. The average Bonchev–Trinajstić information content (AvgIpc) is 2.73. The Morgan fingerprint density at radius 2 is 1.95 bits per heavy atom. The molecule has 0 saturated heterocycles. The van der Waals surface area contributed by atoms with E-state index in [2.05, 4.69) is 4.72 Å². The Morgan fingerprint density at radius 1 is 1.29 bits per heavy atom. The van der Waals surface area contributed by atoms with E-state index in [1.54, 1.807) is 0 Å². The number of halogens is 2. The van der Waals surface area contributed by atoms with Crippen LogP contribution in [0.1, 0.15) is 32.3 Å². The summed E-state index contributed by atoms with van der Waals surface area (Å²) in [5.74, 6) is -2.19. The van der Waals surface area contributed by atoms with E-state index in [1.165, 1.54) is 0 Å². The Kier molecular flexibility index (Phi) is 4.65. The predicted molar refractivity (Wildman–Crippen MR) is 74.0 cm³/mol. The molecular formula is C14H19F2NO3S. The van der Waals surface area contributed by atoms with Gasteiger partial charge < -0.3 is 5.11 Å². The summed E-state index contributed by atoms with van der Waals surface area (Å²) in [5, 5.41) is 9.00. The first-order valence-electron chi connectivity index (χ1n) is 6.87. The topological polar surface area (TPSA) is 66.4 Å². The van der Waals surface area contributed by atoms with Crippen LogP contribution in [0.3, 0.4) is 0 Å². The van der Waals surface area contributed by atoms with Crippen LogP contribution >= 0.6 is 0 Å². The minimum absolute atomic E-state index is 0.0158. The predicted octanol–water partition coefficient (Wildman–Crippen LogP) is 2.17. The Morgan fingerprint density at radius 3 is 2.48 bits per heavy atom. The normalized spacial score (nSPS) is 26.2. The van der Waals surface area contributed by atoms with Gasteiger partial charge in [-0.3, -0.25) is 0 Å². The van der Waals surface area contributed by atoms with Gasteiger partial charge in [-0.25, -0.2) is 21.9 Å². The van der Waals surface area contributed by atoms with E-state index in [1.807, 2.05) is 13.8 Å². The van der Waals surface area contributed by atoms with Gasteiger partial charge in [0, 0.05) is 6.04 Å². The maximum absolute atomic E-state index is 13.8. The molecule has 4 nitrogen and oxygen atoms in total. The number of hydrogen-bond acceptors (Lipinski definition) is 3. The summed E-state index contributed by atoms with van der Waals surface area (Å²) in [6.07, 6.45) is 1.56. The van der Waals surface area contributed by atoms with Crippen LogP contribution in [0.25, 0.3) is 0 Å². The van der Waals surface area contributed by atoms with Crippen molar-refractivity contribution in [2.24, 2.45) is 11.8 Å². The molecule has 1 aromatic rings. The highest BCUT2D eigenvalue weighted by Crippen LogP contribution is 2.32. The van der Waals surface area contributed by atoms with Crippen molar-refractivity contribution in [2.75, 3.05) is 0 Å². The van der Waals surface area contributed by atoms with Gasteiger partial charge in [-0.2, -0.15) is 0 Å². The summed E-state index contributed by atoms with van der Waals surface area (Å²) in [6, 6.07) is 1.46. The summed E-state index contributed by atoms with van der Waals surface area (Å²) in [5.41, 5.74) is 0.0158. The van der Waals surface area contributed by atoms with Crippen molar-refractivity contribution in [3.8, 4) is 0 Å². The van der Waals surface area contributed by atoms with Crippen LogP contribution < -0.4 is 4.72 Å².